The van der Waals surface area contributed by atoms with Gasteiger partial charge in [0.2, 0.25) is 17.6 Å². The molecule has 13 nitrogen and oxygen atoms in total. The second-order valence-corrected chi connectivity index (χ2v) is 19.3. The van der Waals surface area contributed by atoms with Crippen LogP contribution in [0.25, 0.3) is 0 Å². The van der Waals surface area contributed by atoms with Crippen molar-refractivity contribution in [3.8, 4) is 0 Å². The van der Waals surface area contributed by atoms with Crippen LogP contribution in [0.4, 0.5) is 4.79 Å². The molecule has 1 aliphatic heterocycles. The van der Waals surface area contributed by atoms with Gasteiger partial charge in [0, 0.05) is 32.7 Å². The van der Waals surface area contributed by atoms with E-state index in [1.807, 2.05) is 69.2 Å². The molecule has 1 unspecified atom stereocenters. The molecule has 0 bridgehead atoms. The number of ketones is 1. The van der Waals surface area contributed by atoms with Crippen molar-refractivity contribution in [1.82, 2.24) is 30.5 Å². The lowest BCUT2D eigenvalue weighted by molar-refractivity contribution is -0.144. The van der Waals surface area contributed by atoms with E-state index in [0.717, 1.165) is 17.8 Å². The van der Waals surface area contributed by atoms with Crippen LogP contribution in [-0.4, -0.2) is 98.0 Å². The molecule has 1 aromatic heterocycles. The van der Waals surface area contributed by atoms with Gasteiger partial charge in [-0.1, -0.05) is 88.1 Å². The number of likely N-dealkylation sites (N-methyl/N-ethyl adjacent to an activating group) is 1. The van der Waals surface area contributed by atoms with Crippen LogP contribution >= 0.6 is 11.3 Å². The summed E-state index contributed by atoms with van der Waals surface area (Å²) in [5.74, 6) is -2.60. The van der Waals surface area contributed by atoms with Gasteiger partial charge in [0.25, 0.3) is 15.9 Å². The second-order valence-electron chi connectivity index (χ2n) is 16.0. The SMILES string of the molecule is CCCCC(NC(=O)[C@@H]1[C@@H](C(C)C)CCN1C(=O)[C@@H](NC(=O)N[C@H](CN(C)S(=O)(=O)c1cccs1)C(C)(C)C)C(C)(C)C)C(=O)C(=O)NCCC. The fourth-order valence-electron chi connectivity index (χ4n) is 6.12. The van der Waals surface area contributed by atoms with E-state index in [0.29, 0.717) is 32.2 Å². The first-order chi connectivity index (χ1) is 23.6. The predicted octanol–water partition coefficient (Wildman–Crippen LogP) is 4.14. The highest BCUT2D eigenvalue weighted by Crippen LogP contribution is 2.34. The Hall–Kier alpha value is -3.04. The largest absolute Gasteiger partial charge is 0.349 e. The van der Waals surface area contributed by atoms with Crippen molar-refractivity contribution >= 4 is 50.9 Å². The highest BCUT2D eigenvalue weighted by Gasteiger charge is 2.48. The Bertz CT molecular complexity index is 1450. The van der Waals surface area contributed by atoms with Crippen molar-refractivity contribution in [1.29, 1.82) is 0 Å². The van der Waals surface area contributed by atoms with Crippen LogP contribution in [0.3, 0.4) is 0 Å². The molecule has 0 aliphatic carbocycles. The average Bonchev–Trinajstić information content (AvgIpc) is 3.74. The molecule has 4 N–H and O–H groups in total. The number of thiophene rings is 1. The zero-order valence-electron chi connectivity index (χ0n) is 32.4. The van der Waals surface area contributed by atoms with Gasteiger partial charge in [-0.25, -0.2) is 13.2 Å². The molecule has 0 saturated carbocycles. The normalized spacial score (nSPS) is 18.6. The lowest BCUT2D eigenvalue weighted by atomic mass is 9.84. The Morgan fingerprint density at radius 2 is 1.63 bits per heavy atom. The van der Waals surface area contributed by atoms with E-state index in [4.69, 9.17) is 0 Å². The maximum Gasteiger partial charge on any atom is 0.315 e. The zero-order valence-corrected chi connectivity index (χ0v) is 34.1. The van der Waals surface area contributed by atoms with Crippen LogP contribution < -0.4 is 21.3 Å². The van der Waals surface area contributed by atoms with Crippen LogP contribution in [0.15, 0.2) is 21.7 Å². The van der Waals surface area contributed by atoms with E-state index < -0.39 is 74.6 Å². The molecule has 0 spiro atoms. The van der Waals surface area contributed by atoms with Gasteiger partial charge in [-0.15, -0.1) is 11.3 Å². The van der Waals surface area contributed by atoms with Crippen molar-refractivity contribution in [3.05, 3.63) is 17.5 Å². The molecule has 1 aromatic rings. The van der Waals surface area contributed by atoms with Gasteiger partial charge in [0.15, 0.2) is 0 Å². The molecule has 2 heterocycles. The molecule has 15 heteroatoms. The number of amides is 5. The van der Waals surface area contributed by atoms with Gasteiger partial charge < -0.3 is 26.2 Å². The van der Waals surface area contributed by atoms with Crippen LogP contribution in [-0.2, 0) is 29.2 Å². The molecule has 0 aromatic carbocycles. The molecule has 5 amide bonds. The standard InChI is InChI=1S/C36H62N6O7S2/c1-12-14-16-25(29(43)32(45)37-19-13-2)38-31(44)28-24(23(3)4)18-20-42(28)33(46)30(36(8,9)10)40-34(47)39-26(35(5,6)7)22-41(11)51(48,49)27-17-15-21-50-27/h15,17,21,23-26,28,30H,12-14,16,18-20,22H2,1-11H3,(H,37,45)(H,38,44)(H2,39,40,47)/t24-,25?,26-,28+,30-/m1/s1. The van der Waals surface area contributed by atoms with Crippen LogP contribution in [0.5, 0.6) is 0 Å². The lowest BCUT2D eigenvalue weighted by Gasteiger charge is -2.38. The molecule has 2 rings (SSSR count). The van der Waals surface area contributed by atoms with Crippen LogP contribution in [0.2, 0.25) is 0 Å². The second kappa shape index (κ2) is 18.6. The third-order valence-corrected chi connectivity index (χ3v) is 12.6. The Kier molecular flexibility index (Phi) is 16.1. The maximum atomic E-state index is 14.4. The van der Waals surface area contributed by atoms with E-state index in [9.17, 15) is 32.4 Å². The fraction of sp³-hybridized carbons (Fsp3) is 0.750. The number of nitrogens with one attached hydrogen (secondary N) is 4. The Morgan fingerprint density at radius 1 is 0.980 bits per heavy atom. The summed E-state index contributed by atoms with van der Waals surface area (Å²) < 4.78 is 27.7. The number of sulfonamides is 1. The van der Waals surface area contributed by atoms with E-state index in [-0.39, 0.29) is 29.1 Å². The summed E-state index contributed by atoms with van der Waals surface area (Å²) in [4.78, 5) is 69.4. The van der Waals surface area contributed by atoms with Crippen molar-refractivity contribution < 1.29 is 32.4 Å². The van der Waals surface area contributed by atoms with E-state index >= 15 is 0 Å². The average molecular weight is 755 g/mol. The molecule has 5 atom stereocenters. The monoisotopic (exact) mass is 754 g/mol. The topological polar surface area (TPSA) is 174 Å². The number of hydrogen-bond acceptors (Lipinski definition) is 8. The van der Waals surface area contributed by atoms with Crippen molar-refractivity contribution in [3.63, 3.8) is 0 Å². The quantitative estimate of drug-likeness (QED) is 0.173. The Balaban J connectivity index is 2.35. The van der Waals surface area contributed by atoms with Crippen LogP contribution in [0.1, 0.15) is 101 Å². The molecule has 290 valence electrons. The number of hydrogen-bond donors (Lipinski definition) is 4. The number of carbonyl (C=O) groups excluding carboxylic acids is 5. The summed E-state index contributed by atoms with van der Waals surface area (Å²) in [6.45, 7) is 19.5. The highest BCUT2D eigenvalue weighted by atomic mass is 32.2. The molecular formula is C36H62N6O7S2. The molecule has 1 saturated heterocycles. The van der Waals surface area contributed by atoms with Gasteiger partial charge in [-0.05, 0) is 53.4 Å². The summed E-state index contributed by atoms with van der Waals surface area (Å²) in [5.41, 5.74) is -1.33. The minimum atomic E-state index is -3.77. The van der Waals surface area contributed by atoms with Crippen molar-refractivity contribution in [2.75, 3.05) is 26.7 Å². The summed E-state index contributed by atoms with van der Waals surface area (Å²) in [5, 5.41) is 12.9. The van der Waals surface area contributed by atoms with Gasteiger partial charge in [-0.2, -0.15) is 4.31 Å². The Labute approximate surface area is 309 Å². The summed E-state index contributed by atoms with van der Waals surface area (Å²) >= 11 is 1.11. The number of rotatable bonds is 17. The summed E-state index contributed by atoms with van der Waals surface area (Å²) in [7, 11) is -2.31. The zero-order chi connectivity index (χ0) is 38.9. The van der Waals surface area contributed by atoms with Gasteiger partial charge >= 0.3 is 6.03 Å². The predicted molar refractivity (Wildman–Crippen MR) is 200 cm³/mol. The molecule has 1 fully saturated rings. The third-order valence-electron chi connectivity index (χ3n) is 9.43. The van der Waals surface area contributed by atoms with E-state index in [1.165, 1.54) is 22.3 Å². The number of nitrogens with zero attached hydrogens (tertiary/aromatic N) is 2. The lowest BCUT2D eigenvalue weighted by Crippen LogP contribution is -2.62. The molecule has 51 heavy (non-hydrogen) atoms. The maximum absolute atomic E-state index is 14.4. The number of carbonyl (C=O) groups is 5. The van der Waals surface area contributed by atoms with Crippen molar-refractivity contribution in [2.24, 2.45) is 22.7 Å². The molecule has 1 aliphatic rings. The van der Waals surface area contributed by atoms with Crippen molar-refractivity contribution in [2.45, 2.75) is 130 Å². The van der Waals surface area contributed by atoms with Gasteiger partial charge in [0.05, 0.1) is 6.04 Å². The fourth-order valence-corrected chi connectivity index (χ4v) is 8.50. The number of Topliss-reactive ketones (excluding diaryl/α,β-unsaturated/α-hetero) is 1. The third kappa shape index (κ3) is 12.0. The molecule has 0 radical (unpaired) electrons. The highest BCUT2D eigenvalue weighted by molar-refractivity contribution is 7.91. The number of likely N-dealkylation sites (tertiary alicyclic amines) is 1. The van der Waals surface area contributed by atoms with E-state index in [1.54, 1.807) is 11.4 Å². The summed E-state index contributed by atoms with van der Waals surface area (Å²) in [6.07, 6.45) is 2.88. The minimum absolute atomic E-state index is 0.00981. The first kappa shape index (κ1) is 44.1. The van der Waals surface area contributed by atoms with Gasteiger partial charge in [0.1, 0.15) is 16.3 Å². The first-order valence-corrected chi connectivity index (χ1v) is 20.4. The van der Waals surface area contributed by atoms with Crippen LogP contribution in [0, 0.1) is 22.7 Å². The first-order valence-electron chi connectivity index (χ1n) is 18.1. The number of unbranched alkanes of at least 4 members (excludes halogenated alkanes) is 1. The minimum Gasteiger partial charge on any atom is -0.349 e. The van der Waals surface area contributed by atoms with Gasteiger partial charge in [-0.3, -0.25) is 19.2 Å². The number of urea groups is 1. The molecular weight excluding hydrogens is 693 g/mol. The summed E-state index contributed by atoms with van der Waals surface area (Å²) in [6, 6.07) is -1.07. The smallest absolute Gasteiger partial charge is 0.315 e. The Morgan fingerprint density at radius 3 is 2.14 bits per heavy atom. The van der Waals surface area contributed by atoms with E-state index in [2.05, 4.69) is 21.3 Å².